The Morgan fingerprint density at radius 2 is 2.38 bits per heavy atom. The Bertz CT molecular complexity index is 338. The number of hydrogen-bond acceptors (Lipinski definition) is 3. The first-order chi connectivity index (χ1) is 7.81. The summed E-state index contributed by atoms with van der Waals surface area (Å²) in [6, 6.07) is 9.13. The third kappa shape index (κ3) is 2.54. The van der Waals surface area contributed by atoms with Crippen molar-refractivity contribution in [2.45, 2.75) is 13.0 Å². The van der Waals surface area contributed by atoms with Crippen molar-refractivity contribution < 1.29 is 4.74 Å². The lowest BCUT2D eigenvalue weighted by molar-refractivity contribution is 0.0943. The molecule has 0 aromatic heterocycles. The molecule has 0 aliphatic carbocycles. The third-order valence-corrected chi connectivity index (χ3v) is 3.00. The molecule has 3 nitrogen and oxygen atoms in total. The molecule has 0 radical (unpaired) electrons. The third-order valence-electron chi connectivity index (χ3n) is 3.00. The van der Waals surface area contributed by atoms with Crippen molar-refractivity contribution in [1.82, 2.24) is 5.32 Å². The lowest BCUT2D eigenvalue weighted by atomic mass is 10.1. The molecule has 1 fully saturated rings. The Balaban J connectivity index is 2.16. The molecule has 1 aromatic rings. The molecule has 1 heterocycles. The Hall–Kier alpha value is -1.06. The van der Waals surface area contributed by atoms with Crippen LogP contribution in [0.3, 0.4) is 0 Å². The minimum atomic E-state index is 0.445. The second-order valence-electron chi connectivity index (χ2n) is 4.32. The van der Waals surface area contributed by atoms with E-state index in [4.69, 9.17) is 4.74 Å². The highest BCUT2D eigenvalue weighted by atomic mass is 16.5. The Morgan fingerprint density at radius 3 is 3.12 bits per heavy atom. The zero-order valence-corrected chi connectivity index (χ0v) is 10.1. The van der Waals surface area contributed by atoms with E-state index in [1.165, 1.54) is 11.3 Å². The quantitative estimate of drug-likeness (QED) is 0.834. The molecule has 0 spiro atoms. The van der Waals surface area contributed by atoms with E-state index in [-0.39, 0.29) is 0 Å². The van der Waals surface area contributed by atoms with Crippen LogP contribution >= 0.6 is 0 Å². The van der Waals surface area contributed by atoms with E-state index in [0.29, 0.717) is 6.04 Å². The van der Waals surface area contributed by atoms with Crippen molar-refractivity contribution in [2.24, 2.45) is 0 Å². The summed E-state index contributed by atoms with van der Waals surface area (Å²) in [5.74, 6) is 0. The molecule has 1 N–H and O–H groups in total. The van der Waals surface area contributed by atoms with Crippen molar-refractivity contribution in [3.8, 4) is 0 Å². The second-order valence-corrected chi connectivity index (χ2v) is 4.32. The summed E-state index contributed by atoms with van der Waals surface area (Å²) in [7, 11) is 1.99. The Kier molecular flexibility index (Phi) is 3.80. The maximum atomic E-state index is 5.53. The average molecular weight is 220 g/mol. The van der Waals surface area contributed by atoms with Crippen molar-refractivity contribution in [1.29, 1.82) is 0 Å². The van der Waals surface area contributed by atoms with Crippen LogP contribution in [0, 0.1) is 6.92 Å². The normalized spacial score (nSPS) is 21.1. The maximum Gasteiger partial charge on any atom is 0.0683 e. The zero-order chi connectivity index (χ0) is 11.4. The molecule has 3 heteroatoms. The van der Waals surface area contributed by atoms with Gasteiger partial charge in [0.1, 0.15) is 0 Å². The van der Waals surface area contributed by atoms with Crippen molar-refractivity contribution >= 4 is 5.69 Å². The van der Waals surface area contributed by atoms with Crippen LogP contribution in [-0.4, -0.2) is 39.4 Å². The summed E-state index contributed by atoms with van der Waals surface area (Å²) in [6.45, 7) is 5.73. The fraction of sp³-hybridized carbons (Fsp3) is 0.538. The van der Waals surface area contributed by atoms with E-state index in [0.717, 1.165) is 26.3 Å². The summed E-state index contributed by atoms with van der Waals surface area (Å²) >= 11 is 0. The Labute approximate surface area is 97.4 Å². The number of rotatable bonds is 3. The topological polar surface area (TPSA) is 24.5 Å². The average Bonchev–Trinajstić information content (AvgIpc) is 2.30. The van der Waals surface area contributed by atoms with Gasteiger partial charge >= 0.3 is 0 Å². The second kappa shape index (κ2) is 5.32. The highest BCUT2D eigenvalue weighted by Crippen LogP contribution is 2.20. The first-order valence-corrected chi connectivity index (χ1v) is 5.87. The van der Waals surface area contributed by atoms with Gasteiger partial charge in [-0.05, 0) is 31.7 Å². The lowest BCUT2D eigenvalue weighted by Crippen LogP contribution is -2.50. The summed E-state index contributed by atoms with van der Waals surface area (Å²) in [4.78, 5) is 2.44. The van der Waals surface area contributed by atoms with Gasteiger partial charge in [-0.15, -0.1) is 0 Å². The number of anilines is 1. The van der Waals surface area contributed by atoms with Crippen LogP contribution in [0.1, 0.15) is 5.56 Å². The monoisotopic (exact) mass is 220 g/mol. The fourth-order valence-corrected chi connectivity index (χ4v) is 2.21. The van der Waals surface area contributed by atoms with Crippen molar-refractivity contribution in [3.63, 3.8) is 0 Å². The zero-order valence-electron chi connectivity index (χ0n) is 10.1. The molecule has 1 aliphatic rings. The molecule has 0 bridgehead atoms. The number of ether oxygens (including phenoxy) is 1. The van der Waals surface area contributed by atoms with Gasteiger partial charge in [-0.1, -0.05) is 12.1 Å². The first kappa shape index (κ1) is 11.4. The Morgan fingerprint density at radius 1 is 1.50 bits per heavy atom. The van der Waals surface area contributed by atoms with Crippen LogP contribution in [-0.2, 0) is 4.74 Å². The van der Waals surface area contributed by atoms with Crippen LogP contribution in [0.2, 0.25) is 0 Å². The molecule has 0 saturated carbocycles. The van der Waals surface area contributed by atoms with Gasteiger partial charge in [0.25, 0.3) is 0 Å². The minimum absolute atomic E-state index is 0.445. The summed E-state index contributed by atoms with van der Waals surface area (Å²) < 4.78 is 5.53. The van der Waals surface area contributed by atoms with Crippen LogP contribution in [0.4, 0.5) is 5.69 Å². The van der Waals surface area contributed by atoms with Crippen LogP contribution < -0.4 is 10.2 Å². The van der Waals surface area contributed by atoms with Gasteiger partial charge < -0.3 is 15.0 Å². The van der Waals surface area contributed by atoms with E-state index in [9.17, 15) is 0 Å². The molecule has 1 saturated heterocycles. The van der Waals surface area contributed by atoms with E-state index in [1.54, 1.807) is 0 Å². The molecular formula is C13H20N2O. The van der Waals surface area contributed by atoms with Crippen molar-refractivity contribution in [2.75, 3.05) is 38.3 Å². The fourth-order valence-electron chi connectivity index (χ4n) is 2.21. The number of nitrogens with one attached hydrogen (secondary N) is 1. The number of aryl methyl sites for hydroxylation is 1. The highest BCUT2D eigenvalue weighted by Gasteiger charge is 2.22. The van der Waals surface area contributed by atoms with E-state index in [2.05, 4.69) is 41.4 Å². The molecule has 2 rings (SSSR count). The van der Waals surface area contributed by atoms with E-state index >= 15 is 0 Å². The molecule has 1 unspecified atom stereocenters. The molecular weight excluding hydrogens is 200 g/mol. The van der Waals surface area contributed by atoms with Crippen LogP contribution in [0.15, 0.2) is 24.3 Å². The molecule has 1 aromatic carbocycles. The highest BCUT2D eigenvalue weighted by molar-refractivity contribution is 5.49. The predicted octanol–water partition coefficient (Wildman–Crippen LogP) is 1.42. The number of likely N-dealkylation sites (N-methyl/N-ethyl adjacent to an activating group) is 1. The summed E-state index contributed by atoms with van der Waals surface area (Å²) in [5, 5.41) is 3.23. The molecule has 16 heavy (non-hydrogen) atoms. The van der Waals surface area contributed by atoms with Crippen LogP contribution in [0.5, 0.6) is 0 Å². The van der Waals surface area contributed by atoms with Gasteiger partial charge in [0.2, 0.25) is 0 Å². The number of morpholine rings is 1. The number of nitrogens with zero attached hydrogens (tertiary/aromatic N) is 1. The summed E-state index contributed by atoms with van der Waals surface area (Å²) in [6.07, 6.45) is 0. The molecule has 88 valence electrons. The maximum absolute atomic E-state index is 5.53. The van der Waals surface area contributed by atoms with E-state index in [1.807, 2.05) is 7.05 Å². The van der Waals surface area contributed by atoms with E-state index < -0.39 is 0 Å². The molecule has 1 aliphatic heterocycles. The van der Waals surface area contributed by atoms with Gasteiger partial charge in [0.15, 0.2) is 0 Å². The standard InChI is InChI=1S/C13H20N2O/c1-11-4-3-5-12(8-11)15-6-7-16-10-13(15)9-14-2/h3-5,8,13-14H,6-7,9-10H2,1-2H3. The van der Waals surface area contributed by atoms with Gasteiger partial charge in [0.05, 0.1) is 19.3 Å². The van der Waals surface area contributed by atoms with Gasteiger partial charge in [-0.2, -0.15) is 0 Å². The van der Waals surface area contributed by atoms with Gasteiger partial charge in [-0.3, -0.25) is 0 Å². The van der Waals surface area contributed by atoms with Crippen molar-refractivity contribution in [3.05, 3.63) is 29.8 Å². The lowest BCUT2D eigenvalue weighted by Gasteiger charge is -2.37. The minimum Gasteiger partial charge on any atom is -0.377 e. The predicted molar refractivity (Wildman–Crippen MR) is 67.1 cm³/mol. The number of hydrogen-bond donors (Lipinski definition) is 1. The largest absolute Gasteiger partial charge is 0.377 e. The van der Waals surface area contributed by atoms with Gasteiger partial charge in [0, 0.05) is 18.8 Å². The smallest absolute Gasteiger partial charge is 0.0683 e. The molecule has 1 atom stereocenters. The first-order valence-electron chi connectivity index (χ1n) is 5.87. The molecule has 0 amide bonds. The van der Waals surface area contributed by atoms with Crippen LogP contribution in [0.25, 0.3) is 0 Å². The van der Waals surface area contributed by atoms with Gasteiger partial charge in [-0.25, -0.2) is 0 Å². The summed E-state index contributed by atoms with van der Waals surface area (Å²) in [5.41, 5.74) is 2.62. The SMILES string of the molecule is CNCC1COCCN1c1cccc(C)c1. The number of benzene rings is 1.